The first-order chi connectivity index (χ1) is 7.63. The minimum absolute atomic E-state index is 0.230. The van der Waals surface area contributed by atoms with E-state index in [1.165, 1.54) is 0 Å². The van der Waals surface area contributed by atoms with E-state index in [-0.39, 0.29) is 18.0 Å². The Balaban J connectivity index is 2.29. The molecule has 0 bridgehead atoms. The third-order valence-corrected chi connectivity index (χ3v) is 2.64. The molecule has 1 aromatic rings. The van der Waals surface area contributed by atoms with Crippen molar-refractivity contribution in [3.8, 4) is 0 Å². The molecule has 3 N–H and O–H groups in total. The van der Waals surface area contributed by atoms with Crippen LogP contribution in [0.2, 0.25) is 0 Å². The zero-order chi connectivity index (χ0) is 12.0. The lowest BCUT2D eigenvalue weighted by Gasteiger charge is -2.19. The van der Waals surface area contributed by atoms with Crippen LogP contribution in [0.1, 0.15) is 32.4 Å². The molecule has 1 aromatic heterocycles. The number of amides is 1. The summed E-state index contributed by atoms with van der Waals surface area (Å²) in [6, 6.07) is 3.86. The van der Waals surface area contributed by atoms with Gasteiger partial charge in [0.2, 0.25) is 5.91 Å². The summed E-state index contributed by atoms with van der Waals surface area (Å²) in [6.45, 7) is 4.00. The highest BCUT2D eigenvalue weighted by Gasteiger charge is 2.15. The Kier molecular flexibility index (Phi) is 5.05. The summed E-state index contributed by atoms with van der Waals surface area (Å²) in [5, 5.41) is 3.21. The van der Waals surface area contributed by atoms with Crippen LogP contribution in [0.25, 0.3) is 0 Å². The first-order valence-corrected chi connectivity index (χ1v) is 5.71. The number of carbonyl (C=O) groups excluding carboxylic acids is 1. The van der Waals surface area contributed by atoms with Crippen molar-refractivity contribution in [2.45, 2.75) is 45.2 Å². The number of primary amides is 1. The molecule has 0 saturated carbocycles. The first kappa shape index (κ1) is 12.8. The van der Waals surface area contributed by atoms with Gasteiger partial charge in [0.25, 0.3) is 0 Å². The Morgan fingerprint density at radius 2 is 2.38 bits per heavy atom. The van der Waals surface area contributed by atoms with Crippen LogP contribution in [0.5, 0.6) is 0 Å². The van der Waals surface area contributed by atoms with Crippen molar-refractivity contribution >= 4 is 5.91 Å². The highest BCUT2D eigenvalue weighted by Crippen LogP contribution is 2.06. The molecule has 1 rings (SSSR count). The Labute approximate surface area is 96.2 Å². The van der Waals surface area contributed by atoms with Gasteiger partial charge in [-0.2, -0.15) is 0 Å². The van der Waals surface area contributed by atoms with Gasteiger partial charge >= 0.3 is 0 Å². The van der Waals surface area contributed by atoms with Gasteiger partial charge in [-0.25, -0.2) is 0 Å². The van der Waals surface area contributed by atoms with E-state index in [0.29, 0.717) is 0 Å². The van der Waals surface area contributed by atoms with Gasteiger partial charge in [0.15, 0.2) is 0 Å². The molecule has 0 aromatic carbocycles. The maximum absolute atomic E-state index is 11.0. The average molecular weight is 224 g/mol. The lowest BCUT2D eigenvalue weighted by Crippen LogP contribution is -2.45. The zero-order valence-corrected chi connectivity index (χ0v) is 9.90. The van der Waals surface area contributed by atoms with E-state index in [1.54, 1.807) is 6.26 Å². The number of nitrogens with one attached hydrogen (secondary N) is 1. The van der Waals surface area contributed by atoms with Crippen LogP contribution in [0.3, 0.4) is 0 Å². The monoisotopic (exact) mass is 224 g/mol. The van der Waals surface area contributed by atoms with E-state index < -0.39 is 0 Å². The summed E-state index contributed by atoms with van der Waals surface area (Å²) < 4.78 is 5.24. The lowest BCUT2D eigenvalue weighted by molar-refractivity contribution is -0.120. The molecule has 0 fully saturated rings. The molecular weight excluding hydrogens is 204 g/mol. The van der Waals surface area contributed by atoms with Gasteiger partial charge in [0, 0.05) is 12.5 Å². The van der Waals surface area contributed by atoms with Crippen LogP contribution in [0.15, 0.2) is 22.8 Å². The molecule has 4 nitrogen and oxygen atoms in total. The first-order valence-electron chi connectivity index (χ1n) is 5.71. The van der Waals surface area contributed by atoms with Crippen molar-refractivity contribution in [1.82, 2.24) is 5.32 Å². The van der Waals surface area contributed by atoms with Gasteiger partial charge in [0.1, 0.15) is 5.76 Å². The molecule has 0 aliphatic carbocycles. The maximum atomic E-state index is 11.0. The van der Waals surface area contributed by atoms with E-state index in [2.05, 4.69) is 12.2 Å². The summed E-state index contributed by atoms with van der Waals surface area (Å²) in [7, 11) is 0. The van der Waals surface area contributed by atoms with E-state index in [1.807, 2.05) is 19.1 Å². The van der Waals surface area contributed by atoms with Gasteiger partial charge in [-0.3, -0.25) is 4.79 Å². The van der Waals surface area contributed by atoms with Gasteiger partial charge in [0.05, 0.1) is 12.3 Å². The standard InChI is InChI=1S/C12H20N2O2/c1-3-11(12(13)15)14-9(2)6-7-10-5-4-8-16-10/h4-5,8-9,11,14H,3,6-7H2,1-2H3,(H2,13,15). The minimum Gasteiger partial charge on any atom is -0.469 e. The van der Waals surface area contributed by atoms with Crippen molar-refractivity contribution in [3.05, 3.63) is 24.2 Å². The van der Waals surface area contributed by atoms with Crippen molar-refractivity contribution in [3.63, 3.8) is 0 Å². The predicted octanol–water partition coefficient (Wildman–Crippen LogP) is 1.45. The molecule has 1 amide bonds. The summed E-state index contributed by atoms with van der Waals surface area (Å²) in [6.07, 6.45) is 4.19. The second-order valence-electron chi connectivity index (χ2n) is 4.05. The molecule has 90 valence electrons. The molecule has 0 saturated heterocycles. The Bertz CT molecular complexity index is 309. The highest BCUT2D eigenvalue weighted by atomic mass is 16.3. The van der Waals surface area contributed by atoms with Crippen LogP contribution in [-0.2, 0) is 11.2 Å². The molecule has 0 spiro atoms. The largest absolute Gasteiger partial charge is 0.469 e. The number of hydrogen-bond donors (Lipinski definition) is 2. The van der Waals surface area contributed by atoms with Crippen molar-refractivity contribution in [2.75, 3.05) is 0 Å². The molecule has 0 radical (unpaired) electrons. The maximum Gasteiger partial charge on any atom is 0.234 e. The van der Waals surface area contributed by atoms with E-state index in [0.717, 1.165) is 25.0 Å². The summed E-state index contributed by atoms with van der Waals surface area (Å²) in [5.74, 6) is 0.688. The van der Waals surface area contributed by atoms with Crippen LogP contribution in [0, 0.1) is 0 Å². The second kappa shape index (κ2) is 6.33. The predicted molar refractivity (Wildman–Crippen MR) is 62.9 cm³/mol. The number of nitrogens with two attached hydrogens (primary N) is 1. The quantitative estimate of drug-likeness (QED) is 0.736. The molecule has 2 atom stereocenters. The number of rotatable bonds is 7. The fourth-order valence-electron chi connectivity index (χ4n) is 1.64. The fourth-order valence-corrected chi connectivity index (χ4v) is 1.64. The molecule has 0 aliphatic heterocycles. The van der Waals surface area contributed by atoms with Crippen LogP contribution in [0.4, 0.5) is 0 Å². The Morgan fingerprint density at radius 3 is 2.88 bits per heavy atom. The normalized spacial score (nSPS) is 14.6. The van der Waals surface area contributed by atoms with Gasteiger partial charge < -0.3 is 15.5 Å². The summed E-state index contributed by atoms with van der Waals surface area (Å²) >= 11 is 0. The highest BCUT2D eigenvalue weighted by molar-refractivity contribution is 5.79. The average Bonchev–Trinajstić information content (AvgIpc) is 2.75. The summed E-state index contributed by atoms with van der Waals surface area (Å²) in [4.78, 5) is 11.0. The van der Waals surface area contributed by atoms with Crippen molar-refractivity contribution in [2.24, 2.45) is 5.73 Å². The topological polar surface area (TPSA) is 68.3 Å². The molecule has 2 unspecified atom stereocenters. The Morgan fingerprint density at radius 1 is 1.62 bits per heavy atom. The molecule has 1 heterocycles. The smallest absolute Gasteiger partial charge is 0.234 e. The lowest BCUT2D eigenvalue weighted by atomic mass is 10.1. The van der Waals surface area contributed by atoms with Gasteiger partial charge in [-0.1, -0.05) is 6.92 Å². The molecule has 4 heteroatoms. The van der Waals surface area contributed by atoms with Gasteiger partial charge in [-0.15, -0.1) is 0 Å². The van der Waals surface area contributed by atoms with Crippen molar-refractivity contribution < 1.29 is 9.21 Å². The second-order valence-corrected chi connectivity index (χ2v) is 4.05. The van der Waals surface area contributed by atoms with E-state index >= 15 is 0 Å². The molecular formula is C12H20N2O2. The van der Waals surface area contributed by atoms with Gasteiger partial charge in [-0.05, 0) is 31.9 Å². The Hall–Kier alpha value is -1.29. The van der Waals surface area contributed by atoms with Crippen molar-refractivity contribution in [1.29, 1.82) is 0 Å². The molecule has 0 aliphatic rings. The van der Waals surface area contributed by atoms with Crippen LogP contribution < -0.4 is 11.1 Å². The number of aryl methyl sites for hydroxylation is 1. The van der Waals surface area contributed by atoms with Crippen LogP contribution >= 0.6 is 0 Å². The minimum atomic E-state index is -0.285. The van der Waals surface area contributed by atoms with Crippen LogP contribution in [-0.4, -0.2) is 18.0 Å². The fraction of sp³-hybridized carbons (Fsp3) is 0.583. The summed E-state index contributed by atoms with van der Waals surface area (Å²) in [5.41, 5.74) is 5.27. The third kappa shape index (κ3) is 4.06. The molecule has 16 heavy (non-hydrogen) atoms. The zero-order valence-electron chi connectivity index (χ0n) is 9.90. The van der Waals surface area contributed by atoms with E-state index in [4.69, 9.17) is 10.2 Å². The number of carbonyl (C=O) groups is 1. The third-order valence-electron chi connectivity index (χ3n) is 2.64. The SMILES string of the molecule is CCC(NC(C)CCc1ccco1)C(N)=O. The number of furan rings is 1. The van der Waals surface area contributed by atoms with E-state index in [9.17, 15) is 4.79 Å². The number of hydrogen-bond acceptors (Lipinski definition) is 3.